The van der Waals surface area contributed by atoms with Gasteiger partial charge in [0.15, 0.2) is 7.85 Å². The Morgan fingerprint density at radius 1 is 1.24 bits per heavy atom. The molecule has 84 valence electrons. The summed E-state index contributed by atoms with van der Waals surface area (Å²) in [4.78, 5) is 0. The van der Waals surface area contributed by atoms with Crippen LogP contribution in [0.3, 0.4) is 0 Å². The van der Waals surface area contributed by atoms with E-state index in [4.69, 9.17) is 4.74 Å². The number of ether oxygens (including phenoxy) is 1. The Balaban J connectivity index is 2.37. The molecule has 1 aliphatic rings. The predicted octanol–water partition coefficient (Wildman–Crippen LogP) is 2.90. The number of rotatable bonds is 0. The first-order valence-electron chi connectivity index (χ1n) is 5.97. The van der Waals surface area contributed by atoms with Gasteiger partial charge in [-0.05, 0) is 30.9 Å². The normalized spacial score (nSPS) is 22.2. The minimum absolute atomic E-state index is 0.219. The molecule has 1 nitrogen and oxygen atoms in total. The summed E-state index contributed by atoms with van der Waals surface area (Å²) in [5.74, 6) is 1.02. The van der Waals surface area contributed by atoms with E-state index in [0.717, 1.165) is 5.75 Å². The Bertz CT molecular complexity index is 626. The molecule has 0 saturated carbocycles. The van der Waals surface area contributed by atoms with Gasteiger partial charge in [-0.2, -0.15) is 0 Å². The number of aryl methyl sites for hydroxylation is 1. The molecule has 0 spiro atoms. The summed E-state index contributed by atoms with van der Waals surface area (Å²) in [6.45, 7) is 4.22. The fraction of sp³-hybridized carbons (Fsp3) is 0.200. The number of fused-ring (bicyclic) bond motifs is 3. The fourth-order valence-electron chi connectivity index (χ4n) is 2.36. The van der Waals surface area contributed by atoms with Crippen molar-refractivity contribution < 1.29 is 4.74 Å². The van der Waals surface area contributed by atoms with Gasteiger partial charge in [-0.25, -0.2) is 0 Å². The van der Waals surface area contributed by atoms with Gasteiger partial charge in [0.1, 0.15) is 5.75 Å². The fourth-order valence-corrected chi connectivity index (χ4v) is 2.36. The van der Waals surface area contributed by atoms with Crippen molar-refractivity contribution in [3.05, 3.63) is 47.5 Å². The highest BCUT2D eigenvalue weighted by molar-refractivity contribution is 6.17. The molecule has 1 heterocycles. The zero-order chi connectivity index (χ0) is 12.0. The molecule has 0 fully saturated rings. The van der Waals surface area contributed by atoms with Gasteiger partial charge >= 0.3 is 0 Å². The average Bonchev–Trinajstić information content (AvgIpc) is 2.28. The van der Waals surface area contributed by atoms with Crippen molar-refractivity contribution in [3.63, 3.8) is 0 Å². The van der Waals surface area contributed by atoms with E-state index in [2.05, 4.69) is 64.2 Å². The first-order valence-corrected chi connectivity index (χ1v) is 5.97. The smallest absolute Gasteiger partial charge is 0.163 e. The van der Waals surface area contributed by atoms with Crippen LogP contribution in [0.4, 0.5) is 0 Å². The third-order valence-corrected chi connectivity index (χ3v) is 3.26. The lowest BCUT2D eigenvalue weighted by Gasteiger charge is -2.30. The van der Waals surface area contributed by atoms with Crippen LogP contribution in [0.15, 0.2) is 36.4 Å². The highest BCUT2D eigenvalue weighted by Crippen LogP contribution is 2.38. The van der Waals surface area contributed by atoms with Crippen LogP contribution in [0.1, 0.15) is 18.1 Å². The maximum absolute atomic E-state index is 6.13. The van der Waals surface area contributed by atoms with Crippen LogP contribution in [0.5, 0.6) is 5.75 Å². The summed E-state index contributed by atoms with van der Waals surface area (Å²) in [7, 11) is 2.09. The van der Waals surface area contributed by atoms with Crippen LogP contribution in [-0.2, 0) is 0 Å². The topological polar surface area (TPSA) is 9.23 Å². The van der Waals surface area contributed by atoms with Crippen molar-refractivity contribution in [1.29, 1.82) is 0 Å². The molecule has 3 rings (SSSR count). The third kappa shape index (κ3) is 1.64. The van der Waals surface area contributed by atoms with Crippen molar-refractivity contribution in [1.82, 2.24) is 0 Å². The van der Waals surface area contributed by atoms with Crippen LogP contribution in [0, 0.1) is 6.92 Å². The molecule has 1 aliphatic heterocycles. The van der Waals surface area contributed by atoms with E-state index in [9.17, 15) is 0 Å². The molecule has 1 unspecified atom stereocenters. The molecule has 1 atom stereocenters. The largest absolute Gasteiger partial charge is 0.492 e. The second-order valence-corrected chi connectivity index (χ2v) is 5.20. The Labute approximate surface area is 103 Å². The zero-order valence-electron chi connectivity index (χ0n) is 10.4. The summed E-state index contributed by atoms with van der Waals surface area (Å²) < 4.78 is 6.13. The summed E-state index contributed by atoms with van der Waals surface area (Å²) in [6, 6.07) is 10.6. The molecular weight excluding hydrogens is 207 g/mol. The van der Waals surface area contributed by atoms with Gasteiger partial charge in [0, 0.05) is 10.9 Å². The lowest BCUT2D eigenvalue weighted by Crippen LogP contribution is -2.32. The van der Waals surface area contributed by atoms with Crippen molar-refractivity contribution in [2.24, 2.45) is 0 Å². The second-order valence-electron chi connectivity index (χ2n) is 5.20. The summed E-state index contributed by atoms with van der Waals surface area (Å²) in [5, 5.41) is 2.44. The number of benzene rings is 2. The summed E-state index contributed by atoms with van der Waals surface area (Å²) >= 11 is 0. The Hall–Kier alpha value is -1.70. The van der Waals surface area contributed by atoms with Crippen molar-refractivity contribution >= 4 is 24.7 Å². The van der Waals surface area contributed by atoms with E-state index in [0.29, 0.717) is 0 Å². The van der Waals surface area contributed by atoms with Crippen LogP contribution >= 0.6 is 0 Å². The predicted molar refractivity (Wildman–Crippen MR) is 75.3 cm³/mol. The van der Waals surface area contributed by atoms with Gasteiger partial charge in [0.2, 0.25) is 0 Å². The van der Waals surface area contributed by atoms with Crippen molar-refractivity contribution in [2.45, 2.75) is 19.3 Å². The van der Waals surface area contributed by atoms with Crippen LogP contribution in [0.25, 0.3) is 16.8 Å². The quantitative estimate of drug-likeness (QED) is 0.622. The lowest BCUT2D eigenvalue weighted by atomic mass is 9.80. The maximum Gasteiger partial charge on any atom is 0.163 e. The third-order valence-electron chi connectivity index (χ3n) is 3.26. The zero-order valence-corrected chi connectivity index (χ0v) is 10.4. The number of hydrogen-bond acceptors (Lipinski definition) is 1. The van der Waals surface area contributed by atoms with Crippen molar-refractivity contribution in [2.75, 3.05) is 0 Å². The van der Waals surface area contributed by atoms with Crippen molar-refractivity contribution in [3.8, 4) is 5.75 Å². The first kappa shape index (κ1) is 10.5. The molecule has 0 radical (unpaired) electrons. The van der Waals surface area contributed by atoms with E-state index in [1.54, 1.807) is 0 Å². The number of hydrogen-bond donors (Lipinski definition) is 0. The van der Waals surface area contributed by atoms with Gasteiger partial charge < -0.3 is 4.74 Å². The van der Waals surface area contributed by atoms with E-state index in [1.165, 1.54) is 21.9 Å². The molecule has 0 saturated heterocycles. The summed E-state index contributed by atoms with van der Waals surface area (Å²) in [5.41, 5.74) is 2.26. The molecule has 0 aliphatic carbocycles. The van der Waals surface area contributed by atoms with Gasteiger partial charge in [-0.15, -0.1) is 0 Å². The molecule has 0 bridgehead atoms. The van der Waals surface area contributed by atoms with E-state index >= 15 is 0 Å². The Morgan fingerprint density at radius 3 is 2.82 bits per heavy atom. The molecule has 2 aromatic carbocycles. The minimum Gasteiger partial charge on any atom is -0.492 e. The van der Waals surface area contributed by atoms with Gasteiger partial charge in [-0.3, -0.25) is 0 Å². The molecule has 17 heavy (non-hydrogen) atoms. The Kier molecular flexibility index (Phi) is 2.09. The van der Waals surface area contributed by atoms with Gasteiger partial charge in [0.25, 0.3) is 0 Å². The second kappa shape index (κ2) is 3.40. The standard InChI is InChI=1S/C15H15BO/c1-10-9-11-5-3-4-6-13(11)14-12(10)7-8-15(2,16)17-14/h3-9H,16H2,1-2H3. The van der Waals surface area contributed by atoms with E-state index in [-0.39, 0.29) is 5.50 Å². The molecule has 2 aromatic rings. The summed E-state index contributed by atoms with van der Waals surface area (Å²) in [6.07, 6.45) is 4.30. The minimum atomic E-state index is -0.219. The first-order chi connectivity index (χ1) is 8.07. The lowest BCUT2D eigenvalue weighted by molar-refractivity contribution is 0.227. The molecule has 0 aromatic heterocycles. The monoisotopic (exact) mass is 222 g/mol. The van der Waals surface area contributed by atoms with E-state index < -0.39 is 0 Å². The SMILES string of the molecule is BC1(C)C=Cc2c(C)cc3ccccc3c2O1. The van der Waals surface area contributed by atoms with Gasteiger partial charge in [-0.1, -0.05) is 36.4 Å². The maximum atomic E-state index is 6.13. The molecular formula is C15H15BO. The molecule has 2 heteroatoms. The highest BCUT2D eigenvalue weighted by atomic mass is 16.5. The van der Waals surface area contributed by atoms with Gasteiger partial charge in [0.05, 0.1) is 5.50 Å². The van der Waals surface area contributed by atoms with Crippen LogP contribution in [-0.4, -0.2) is 13.3 Å². The van der Waals surface area contributed by atoms with Crippen LogP contribution < -0.4 is 4.74 Å². The van der Waals surface area contributed by atoms with Crippen LogP contribution in [0.2, 0.25) is 0 Å². The Morgan fingerprint density at radius 2 is 2.00 bits per heavy atom. The molecule has 0 amide bonds. The average molecular weight is 222 g/mol. The molecule has 0 N–H and O–H groups in total. The van der Waals surface area contributed by atoms with E-state index in [1.807, 2.05) is 0 Å². The highest BCUT2D eigenvalue weighted by Gasteiger charge is 2.24.